The molecule has 2 unspecified atom stereocenters. The number of rotatable bonds is 7. The lowest BCUT2D eigenvalue weighted by Gasteiger charge is -2.21. The number of aryl methyl sites for hydroxylation is 1. The highest BCUT2D eigenvalue weighted by atomic mass is 16.5. The van der Waals surface area contributed by atoms with E-state index in [4.69, 9.17) is 14.3 Å². The van der Waals surface area contributed by atoms with Gasteiger partial charge in [0.25, 0.3) is 5.89 Å². The molecule has 0 saturated carbocycles. The number of methoxy groups -OCH3 is 1. The van der Waals surface area contributed by atoms with Crippen molar-refractivity contribution in [2.75, 3.05) is 26.7 Å². The molecule has 30 heavy (non-hydrogen) atoms. The molecule has 162 valence electrons. The van der Waals surface area contributed by atoms with Gasteiger partial charge in [-0.2, -0.15) is 4.98 Å². The number of esters is 1. The summed E-state index contributed by atoms with van der Waals surface area (Å²) in [7, 11) is 1.44. The molecule has 2 aromatic rings. The molecule has 2 heterocycles. The lowest BCUT2D eigenvalue weighted by atomic mass is 9.99. The van der Waals surface area contributed by atoms with E-state index in [1.807, 2.05) is 31.2 Å². The first-order chi connectivity index (χ1) is 14.5. The van der Waals surface area contributed by atoms with Gasteiger partial charge >= 0.3 is 5.97 Å². The molecular formula is C22H31N5O3. The largest absolute Gasteiger partial charge is 0.469 e. The minimum absolute atomic E-state index is 0.128. The molecule has 1 aromatic carbocycles. The van der Waals surface area contributed by atoms with Crippen LogP contribution in [0.15, 0.2) is 33.8 Å². The van der Waals surface area contributed by atoms with Crippen LogP contribution in [0, 0.1) is 11.8 Å². The SMILES string of the molecule is CCCc1noc(-c2cccc(CN=C(NCC)N3CC(C)C(C(=O)OC)C3)c2)n1. The molecule has 0 amide bonds. The molecule has 1 N–H and O–H groups in total. The van der Waals surface area contributed by atoms with Gasteiger partial charge in [-0.3, -0.25) is 4.79 Å². The smallest absolute Gasteiger partial charge is 0.310 e. The van der Waals surface area contributed by atoms with Crippen molar-refractivity contribution in [1.82, 2.24) is 20.4 Å². The van der Waals surface area contributed by atoms with Gasteiger partial charge in [0, 0.05) is 31.6 Å². The molecule has 1 aromatic heterocycles. The summed E-state index contributed by atoms with van der Waals surface area (Å²) in [5.41, 5.74) is 1.94. The Hall–Kier alpha value is -2.90. The van der Waals surface area contributed by atoms with E-state index in [0.29, 0.717) is 19.0 Å². The van der Waals surface area contributed by atoms with Crippen LogP contribution in [0.4, 0.5) is 0 Å². The van der Waals surface area contributed by atoms with Crippen LogP contribution in [0.5, 0.6) is 0 Å². The van der Waals surface area contributed by atoms with Gasteiger partial charge in [-0.1, -0.05) is 31.1 Å². The molecule has 0 spiro atoms. The second kappa shape index (κ2) is 10.2. The van der Waals surface area contributed by atoms with Gasteiger partial charge in [-0.25, -0.2) is 4.99 Å². The molecular weight excluding hydrogens is 382 g/mol. The zero-order valence-electron chi connectivity index (χ0n) is 18.2. The number of aromatic nitrogens is 2. The zero-order valence-corrected chi connectivity index (χ0v) is 18.2. The van der Waals surface area contributed by atoms with Crippen molar-refractivity contribution in [1.29, 1.82) is 0 Å². The minimum atomic E-state index is -0.157. The minimum Gasteiger partial charge on any atom is -0.469 e. The number of guanidine groups is 1. The Balaban J connectivity index is 1.73. The van der Waals surface area contributed by atoms with Crippen molar-refractivity contribution in [3.63, 3.8) is 0 Å². The number of benzene rings is 1. The molecule has 3 rings (SSSR count). The summed E-state index contributed by atoms with van der Waals surface area (Å²) < 4.78 is 10.3. The van der Waals surface area contributed by atoms with Gasteiger partial charge < -0.3 is 19.5 Å². The average Bonchev–Trinajstić information content (AvgIpc) is 3.38. The first-order valence-electron chi connectivity index (χ1n) is 10.6. The predicted molar refractivity (Wildman–Crippen MR) is 115 cm³/mol. The molecule has 8 nitrogen and oxygen atoms in total. The predicted octanol–water partition coefficient (Wildman–Crippen LogP) is 2.90. The van der Waals surface area contributed by atoms with Gasteiger partial charge in [0.15, 0.2) is 11.8 Å². The number of carbonyl (C=O) groups excluding carboxylic acids is 1. The molecule has 1 saturated heterocycles. The van der Waals surface area contributed by atoms with Gasteiger partial charge in [-0.05, 0) is 37.0 Å². The van der Waals surface area contributed by atoms with Crippen LogP contribution in [0.2, 0.25) is 0 Å². The maximum Gasteiger partial charge on any atom is 0.310 e. The summed E-state index contributed by atoms with van der Waals surface area (Å²) in [6.07, 6.45) is 1.78. The fourth-order valence-electron chi connectivity index (χ4n) is 3.69. The molecule has 1 aliphatic heterocycles. The first kappa shape index (κ1) is 21.8. The zero-order chi connectivity index (χ0) is 21.5. The van der Waals surface area contributed by atoms with E-state index < -0.39 is 0 Å². The number of hydrogen-bond donors (Lipinski definition) is 1. The van der Waals surface area contributed by atoms with Gasteiger partial charge in [-0.15, -0.1) is 0 Å². The lowest BCUT2D eigenvalue weighted by Crippen LogP contribution is -2.40. The second-order valence-corrected chi connectivity index (χ2v) is 7.65. The summed E-state index contributed by atoms with van der Waals surface area (Å²) in [6.45, 7) is 8.86. The Morgan fingerprint density at radius 3 is 2.93 bits per heavy atom. The standard InChI is InChI=1S/C22H31N5O3/c1-5-8-19-25-20(30-26-19)17-10-7-9-16(11-17)12-24-22(23-6-2)27-13-15(3)18(14-27)21(28)29-4/h7,9-11,15,18H,5-6,8,12-14H2,1-4H3,(H,23,24). The molecule has 2 atom stereocenters. The molecule has 0 bridgehead atoms. The van der Waals surface area contributed by atoms with Crippen molar-refractivity contribution >= 4 is 11.9 Å². The summed E-state index contributed by atoms with van der Waals surface area (Å²) in [6, 6.07) is 8.00. The molecule has 8 heteroatoms. The van der Waals surface area contributed by atoms with Crippen LogP contribution >= 0.6 is 0 Å². The topological polar surface area (TPSA) is 92.9 Å². The van der Waals surface area contributed by atoms with E-state index >= 15 is 0 Å². The lowest BCUT2D eigenvalue weighted by molar-refractivity contribution is -0.145. The molecule has 1 aliphatic rings. The van der Waals surface area contributed by atoms with Crippen molar-refractivity contribution in [2.45, 2.75) is 40.2 Å². The van der Waals surface area contributed by atoms with Crippen molar-refractivity contribution in [3.05, 3.63) is 35.7 Å². The van der Waals surface area contributed by atoms with E-state index in [1.54, 1.807) is 0 Å². The van der Waals surface area contributed by atoms with Crippen molar-refractivity contribution < 1.29 is 14.1 Å². The van der Waals surface area contributed by atoms with Crippen LogP contribution in [0.3, 0.4) is 0 Å². The summed E-state index contributed by atoms with van der Waals surface area (Å²) in [5.74, 6) is 2.01. The summed E-state index contributed by atoms with van der Waals surface area (Å²) in [4.78, 5) is 23.4. The normalized spacial score (nSPS) is 19.2. The number of aliphatic imine (C=N–C) groups is 1. The van der Waals surface area contributed by atoms with Crippen LogP contribution in [0.25, 0.3) is 11.5 Å². The van der Waals surface area contributed by atoms with Crippen LogP contribution in [-0.4, -0.2) is 53.7 Å². The van der Waals surface area contributed by atoms with E-state index in [9.17, 15) is 4.79 Å². The van der Waals surface area contributed by atoms with Crippen molar-refractivity contribution in [3.8, 4) is 11.5 Å². The Labute approximate surface area is 177 Å². The fraction of sp³-hybridized carbons (Fsp3) is 0.545. The number of ether oxygens (including phenoxy) is 1. The monoisotopic (exact) mass is 413 g/mol. The first-order valence-corrected chi connectivity index (χ1v) is 10.6. The highest BCUT2D eigenvalue weighted by Crippen LogP contribution is 2.24. The summed E-state index contributed by atoms with van der Waals surface area (Å²) in [5, 5.41) is 7.37. The highest BCUT2D eigenvalue weighted by molar-refractivity contribution is 5.82. The third-order valence-corrected chi connectivity index (χ3v) is 5.28. The molecule has 0 aliphatic carbocycles. The Morgan fingerprint density at radius 2 is 2.20 bits per heavy atom. The Kier molecular flexibility index (Phi) is 7.43. The molecule has 1 fully saturated rings. The number of carbonyl (C=O) groups is 1. The summed E-state index contributed by atoms with van der Waals surface area (Å²) >= 11 is 0. The molecule has 0 radical (unpaired) electrons. The van der Waals surface area contributed by atoms with Gasteiger partial charge in [0.2, 0.25) is 0 Å². The third-order valence-electron chi connectivity index (χ3n) is 5.28. The van der Waals surface area contributed by atoms with Gasteiger partial charge in [0.1, 0.15) is 0 Å². The van der Waals surface area contributed by atoms with Crippen LogP contribution in [0.1, 0.15) is 38.6 Å². The highest BCUT2D eigenvalue weighted by Gasteiger charge is 2.36. The quantitative estimate of drug-likeness (QED) is 0.424. The number of likely N-dealkylation sites (tertiary alicyclic amines) is 1. The second-order valence-electron chi connectivity index (χ2n) is 7.65. The number of hydrogen-bond acceptors (Lipinski definition) is 6. The van der Waals surface area contributed by atoms with E-state index in [0.717, 1.165) is 48.8 Å². The fourth-order valence-corrected chi connectivity index (χ4v) is 3.69. The van der Waals surface area contributed by atoms with Crippen LogP contribution < -0.4 is 5.32 Å². The third kappa shape index (κ3) is 5.17. The maximum absolute atomic E-state index is 12.0. The number of nitrogens with zero attached hydrogens (tertiary/aromatic N) is 4. The Bertz CT molecular complexity index is 879. The average molecular weight is 414 g/mol. The van der Waals surface area contributed by atoms with Crippen molar-refractivity contribution in [2.24, 2.45) is 16.8 Å². The van der Waals surface area contributed by atoms with Gasteiger partial charge in [0.05, 0.1) is 19.6 Å². The van der Waals surface area contributed by atoms with Crippen LogP contribution in [-0.2, 0) is 22.5 Å². The Morgan fingerprint density at radius 1 is 1.37 bits per heavy atom. The number of nitrogens with one attached hydrogen (secondary N) is 1. The van der Waals surface area contributed by atoms with E-state index in [2.05, 4.69) is 34.2 Å². The van der Waals surface area contributed by atoms with E-state index in [-0.39, 0.29) is 17.8 Å². The van der Waals surface area contributed by atoms with E-state index in [1.165, 1.54) is 7.11 Å². The maximum atomic E-state index is 12.0.